The van der Waals surface area contributed by atoms with Crippen molar-refractivity contribution < 1.29 is 19.2 Å². The van der Waals surface area contributed by atoms with Crippen LogP contribution in [0.15, 0.2) is 48.5 Å². The van der Waals surface area contributed by atoms with Gasteiger partial charge in [-0.25, -0.2) is 4.39 Å². The zero-order chi connectivity index (χ0) is 16.8. The fraction of sp³-hybridized carbons (Fsp3) is 0.188. The van der Waals surface area contributed by atoms with Crippen LogP contribution in [-0.4, -0.2) is 15.9 Å². The van der Waals surface area contributed by atoms with Gasteiger partial charge in [-0.3, -0.25) is 14.9 Å². The minimum Gasteiger partial charge on any atom is -0.388 e. The number of aliphatic hydroxyl groups is 1. The number of benzene rings is 2. The van der Waals surface area contributed by atoms with Crippen LogP contribution in [0.4, 0.5) is 10.1 Å². The molecule has 0 saturated heterocycles. The number of nitro groups is 1. The third-order valence-corrected chi connectivity index (χ3v) is 3.25. The quantitative estimate of drug-likeness (QED) is 0.632. The maximum atomic E-state index is 13.1. The standard InChI is InChI=1S/C16H15FN2O4/c17-13-3-1-2-12(8-13)15(20)9-16(21)18-10-11-4-6-14(7-5-11)19(22)23/h1-8,15,20H,9-10H2,(H,18,21). The molecule has 0 saturated carbocycles. The summed E-state index contributed by atoms with van der Waals surface area (Å²) in [7, 11) is 0. The van der Waals surface area contributed by atoms with E-state index in [-0.39, 0.29) is 18.7 Å². The molecule has 2 N–H and O–H groups in total. The third kappa shape index (κ3) is 4.86. The van der Waals surface area contributed by atoms with E-state index in [1.807, 2.05) is 0 Å². The van der Waals surface area contributed by atoms with Crippen LogP contribution in [0.25, 0.3) is 0 Å². The molecule has 1 amide bonds. The lowest BCUT2D eigenvalue weighted by Gasteiger charge is -2.11. The second-order valence-corrected chi connectivity index (χ2v) is 4.98. The number of amides is 1. The molecule has 23 heavy (non-hydrogen) atoms. The van der Waals surface area contributed by atoms with Gasteiger partial charge in [0.15, 0.2) is 0 Å². The summed E-state index contributed by atoms with van der Waals surface area (Å²) >= 11 is 0. The molecule has 6 nitrogen and oxygen atoms in total. The number of rotatable bonds is 6. The van der Waals surface area contributed by atoms with Gasteiger partial charge in [-0.15, -0.1) is 0 Å². The zero-order valence-electron chi connectivity index (χ0n) is 12.1. The SMILES string of the molecule is O=C(CC(O)c1cccc(F)c1)NCc1ccc([N+](=O)[O-])cc1. The van der Waals surface area contributed by atoms with Gasteiger partial charge in [0.05, 0.1) is 17.4 Å². The number of non-ortho nitro benzene ring substituents is 1. The first-order chi connectivity index (χ1) is 11.0. The number of nitrogens with zero attached hydrogens (tertiary/aromatic N) is 1. The van der Waals surface area contributed by atoms with Crippen molar-refractivity contribution in [3.8, 4) is 0 Å². The van der Waals surface area contributed by atoms with Crippen molar-refractivity contribution in [2.45, 2.75) is 19.1 Å². The van der Waals surface area contributed by atoms with Gasteiger partial charge in [0.1, 0.15) is 5.82 Å². The molecule has 0 aromatic heterocycles. The summed E-state index contributed by atoms with van der Waals surface area (Å²) in [4.78, 5) is 21.8. The number of hydrogen-bond donors (Lipinski definition) is 2. The lowest BCUT2D eigenvalue weighted by Crippen LogP contribution is -2.24. The highest BCUT2D eigenvalue weighted by atomic mass is 19.1. The van der Waals surface area contributed by atoms with Gasteiger partial charge in [0, 0.05) is 18.7 Å². The summed E-state index contributed by atoms with van der Waals surface area (Å²) in [5.41, 5.74) is 1.00. The van der Waals surface area contributed by atoms with Crippen LogP contribution in [-0.2, 0) is 11.3 Å². The number of hydrogen-bond acceptors (Lipinski definition) is 4. The van der Waals surface area contributed by atoms with Crippen LogP contribution >= 0.6 is 0 Å². The molecule has 0 spiro atoms. The summed E-state index contributed by atoms with van der Waals surface area (Å²) in [6, 6.07) is 11.2. The van der Waals surface area contributed by atoms with Gasteiger partial charge in [0.25, 0.3) is 5.69 Å². The summed E-state index contributed by atoms with van der Waals surface area (Å²) < 4.78 is 13.1. The van der Waals surface area contributed by atoms with Gasteiger partial charge in [-0.1, -0.05) is 24.3 Å². The van der Waals surface area contributed by atoms with Gasteiger partial charge < -0.3 is 10.4 Å². The van der Waals surface area contributed by atoms with E-state index in [9.17, 15) is 24.4 Å². The topological polar surface area (TPSA) is 92.5 Å². The van der Waals surface area contributed by atoms with Crippen molar-refractivity contribution in [2.75, 3.05) is 0 Å². The van der Waals surface area contributed by atoms with Crippen LogP contribution in [0.5, 0.6) is 0 Å². The molecule has 0 radical (unpaired) electrons. The summed E-state index contributed by atoms with van der Waals surface area (Å²) in [6.45, 7) is 0.187. The Morgan fingerprint density at radius 2 is 1.96 bits per heavy atom. The molecular weight excluding hydrogens is 303 g/mol. The highest BCUT2D eigenvalue weighted by Crippen LogP contribution is 2.17. The largest absolute Gasteiger partial charge is 0.388 e. The van der Waals surface area contributed by atoms with Crippen molar-refractivity contribution in [3.05, 3.63) is 75.6 Å². The molecule has 0 bridgehead atoms. The van der Waals surface area contributed by atoms with Crippen LogP contribution in [0.2, 0.25) is 0 Å². The number of nitro benzene ring substituents is 1. The van der Waals surface area contributed by atoms with E-state index in [1.165, 1.54) is 36.4 Å². The summed E-state index contributed by atoms with van der Waals surface area (Å²) in [6.07, 6.45) is -1.29. The van der Waals surface area contributed by atoms with E-state index in [0.717, 1.165) is 0 Å². The van der Waals surface area contributed by atoms with Crippen LogP contribution in [0.1, 0.15) is 23.7 Å². The Hall–Kier alpha value is -2.80. The highest BCUT2D eigenvalue weighted by molar-refractivity contribution is 5.76. The number of carbonyl (C=O) groups excluding carboxylic acids is 1. The smallest absolute Gasteiger partial charge is 0.269 e. The zero-order valence-corrected chi connectivity index (χ0v) is 12.1. The van der Waals surface area contributed by atoms with Crippen LogP contribution in [0.3, 0.4) is 0 Å². The Morgan fingerprint density at radius 1 is 1.26 bits per heavy atom. The van der Waals surface area contributed by atoms with Gasteiger partial charge in [-0.05, 0) is 23.3 Å². The molecule has 2 aromatic rings. The van der Waals surface area contributed by atoms with Gasteiger partial charge >= 0.3 is 0 Å². The molecule has 2 aromatic carbocycles. The third-order valence-electron chi connectivity index (χ3n) is 3.25. The predicted octanol–water partition coefficient (Wildman–Crippen LogP) is 2.47. The van der Waals surface area contributed by atoms with E-state index in [2.05, 4.69) is 5.32 Å². The first-order valence-electron chi connectivity index (χ1n) is 6.89. The number of nitrogens with one attached hydrogen (secondary N) is 1. The Labute approximate surface area is 131 Å². The lowest BCUT2D eigenvalue weighted by atomic mass is 10.1. The van der Waals surface area contributed by atoms with E-state index < -0.39 is 22.8 Å². The van der Waals surface area contributed by atoms with Crippen molar-refractivity contribution in [2.24, 2.45) is 0 Å². The first kappa shape index (κ1) is 16.6. The van der Waals surface area contributed by atoms with E-state index in [0.29, 0.717) is 11.1 Å². The van der Waals surface area contributed by atoms with E-state index in [4.69, 9.17) is 0 Å². The summed E-state index contributed by atoms with van der Waals surface area (Å²) in [5.74, 6) is -0.882. The number of carbonyl (C=O) groups is 1. The van der Waals surface area contributed by atoms with E-state index in [1.54, 1.807) is 12.1 Å². The molecular formula is C16H15FN2O4. The molecule has 0 aliphatic heterocycles. The predicted molar refractivity (Wildman–Crippen MR) is 80.9 cm³/mol. The fourth-order valence-corrected chi connectivity index (χ4v) is 2.02. The van der Waals surface area contributed by atoms with Crippen molar-refractivity contribution >= 4 is 11.6 Å². The van der Waals surface area contributed by atoms with Crippen molar-refractivity contribution in [1.29, 1.82) is 0 Å². The average Bonchev–Trinajstić information content (AvgIpc) is 2.53. The van der Waals surface area contributed by atoms with Gasteiger partial charge in [-0.2, -0.15) is 0 Å². The normalized spacial score (nSPS) is 11.7. The molecule has 7 heteroatoms. The molecule has 2 rings (SSSR count). The second kappa shape index (κ2) is 7.46. The fourth-order valence-electron chi connectivity index (χ4n) is 2.02. The Bertz CT molecular complexity index is 703. The van der Waals surface area contributed by atoms with Crippen molar-refractivity contribution in [1.82, 2.24) is 5.32 Å². The number of aliphatic hydroxyl groups excluding tert-OH is 1. The average molecular weight is 318 g/mol. The van der Waals surface area contributed by atoms with Crippen LogP contribution < -0.4 is 5.32 Å². The first-order valence-corrected chi connectivity index (χ1v) is 6.89. The molecule has 0 fully saturated rings. The molecule has 0 aliphatic rings. The van der Waals surface area contributed by atoms with Crippen LogP contribution in [0, 0.1) is 15.9 Å². The molecule has 120 valence electrons. The monoisotopic (exact) mass is 318 g/mol. The highest BCUT2D eigenvalue weighted by Gasteiger charge is 2.13. The summed E-state index contributed by atoms with van der Waals surface area (Å²) in [5, 5.41) is 23.0. The van der Waals surface area contributed by atoms with E-state index >= 15 is 0 Å². The Morgan fingerprint density at radius 3 is 2.57 bits per heavy atom. The number of halogens is 1. The van der Waals surface area contributed by atoms with Crippen molar-refractivity contribution in [3.63, 3.8) is 0 Å². The molecule has 0 aliphatic carbocycles. The minimum absolute atomic E-state index is 0.0263. The Balaban J connectivity index is 1.86. The Kier molecular flexibility index (Phi) is 5.37. The lowest BCUT2D eigenvalue weighted by molar-refractivity contribution is -0.384. The van der Waals surface area contributed by atoms with Gasteiger partial charge in [0.2, 0.25) is 5.91 Å². The molecule has 1 atom stereocenters. The maximum Gasteiger partial charge on any atom is 0.269 e. The molecule has 1 unspecified atom stereocenters. The minimum atomic E-state index is -1.09. The second-order valence-electron chi connectivity index (χ2n) is 4.98. The maximum absolute atomic E-state index is 13.1. The molecule has 0 heterocycles.